The van der Waals surface area contributed by atoms with Gasteiger partial charge in [-0.15, -0.1) is 0 Å². The minimum Gasteiger partial charge on any atom is -0.461 e. The predicted molar refractivity (Wildman–Crippen MR) is 183 cm³/mol. The third-order valence-electron chi connectivity index (χ3n) is 7.22. The predicted octanol–water partition coefficient (Wildman–Crippen LogP) is 3.29. The van der Waals surface area contributed by atoms with E-state index in [0.29, 0.717) is 23.4 Å². The lowest BCUT2D eigenvalue weighted by Crippen LogP contribution is -2.44. The minimum atomic E-state index is -4.44. The number of amides is 2. The quantitative estimate of drug-likeness (QED) is 0.195. The molecule has 4 aromatic rings. The smallest absolute Gasteiger partial charge is 0.336 e. The van der Waals surface area contributed by atoms with Crippen molar-refractivity contribution in [1.82, 2.24) is 19.4 Å². The lowest BCUT2D eigenvalue weighted by atomic mass is 9.95. The number of halogens is 2. The summed E-state index contributed by atoms with van der Waals surface area (Å²) in [6.07, 6.45) is 1.75. The Morgan fingerprint density at radius 3 is 2.22 bits per heavy atom. The van der Waals surface area contributed by atoms with Gasteiger partial charge in [0.15, 0.2) is 0 Å². The van der Waals surface area contributed by atoms with Crippen LogP contribution >= 0.6 is 0 Å². The summed E-state index contributed by atoms with van der Waals surface area (Å²) >= 11 is 0. The molecule has 0 aliphatic carbocycles. The average Bonchev–Trinajstić information content (AvgIpc) is 3.04. The third kappa shape index (κ3) is 9.30. The number of ether oxygens (including phenoxy) is 1. The van der Waals surface area contributed by atoms with Crippen molar-refractivity contribution >= 4 is 39.2 Å². The topological polar surface area (TPSA) is 188 Å². The number of aromatic nitrogens is 3. The van der Waals surface area contributed by atoms with Gasteiger partial charge in [0, 0.05) is 49.1 Å². The van der Waals surface area contributed by atoms with Crippen LogP contribution in [0.4, 0.5) is 20.2 Å². The van der Waals surface area contributed by atoms with Crippen LogP contribution in [0.15, 0.2) is 81.5 Å². The molecule has 14 nitrogen and oxygen atoms in total. The molecule has 4 rings (SSSR count). The van der Waals surface area contributed by atoms with Gasteiger partial charge < -0.3 is 19.9 Å². The zero-order valence-electron chi connectivity index (χ0n) is 28.5. The fourth-order valence-corrected chi connectivity index (χ4v) is 5.52. The van der Waals surface area contributed by atoms with E-state index in [1.807, 2.05) is 4.72 Å². The van der Waals surface area contributed by atoms with Gasteiger partial charge in [0.25, 0.3) is 21.5 Å². The number of esters is 1. The highest BCUT2D eigenvalue weighted by Gasteiger charge is 2.28. The average molecular weight is 727 g/mol. The standard InChI is InChI=1S/C34H36F2N6O8S/c1-19(2)50-31(45)27(15-20-7-12-28(37-18-20)42-29(43)13-14-41(6)33(42)47)39-30(44)23-16-25(36)26(17-24(23)35)40-51(48,49)22-10-8-21(9-11-22)38-32(46)34(3,4)5/h7-14,16-19,27,40H,15H2,1-6H3,(H,38,46)(H,39,44)/t27-/m0/s1. The van der Waals surface area contributed by atoms with Crippen LogP contribution in [0.2, 0.25) is 0 Å². The summed E-state index contributed by atoms with van der Waals surface area (Å²) in [6.45, 7) is 8.25. The summed E-state index contributed by atoms with van der Waals surface area (Å²) in [5, 5.41) is 4.97. The summed E-state index contributed by atoms with van der Waals surface area (Å²) in [5.74, 6) is -4.99. The van der Waals surface area contributed by atoms with Crippen molar-refractivity contribution in [2.75, 3.05) is 10.0 Å². The molecule has 0 fully saturated rings. The number of hydrogen-bond acceptors (Lipinski definition) is 9. The normalized spacial score (nSPS) is 12.3. The molecule has 0 aliphatic heterocycles. The SMILES string of the molecule is CC(C)OC(=O)[C@H](Cc1ccc(-n2c(=O)ccn(C)c2=O)nc1)NC(=O)c1cc(F)c(NS(=O)(=O)c2ccc(NC(=O)C(C)(C)C)cc2)cc1F. The number of nitrogens with zero attached hydrogens (tertiary/aromatic N) is 3. The van der Waals surface area contributed by atoms with E-state index >= 15 is 8.78 Å². The molecule has 0 aliphatic rings. The van der Waals surface area contributed by atoms with E-state index in [1.54, 1.807) is 34.6 Å². The van der Waals surface area contributed by atoms with Crippen LogP contribution in [0.25, 0.3) is 5.82 Å². The van der Waals surface area contributed by atoms with E-state index in [9.17, 15) is 32.4 Å². The fraction of sp³-hybridized carbons (Fsp3) is 0.294. The first-order valence-corrected chi connectivity index (χ1v) is 16.9. The fourth-order valence-electron chi connectivity index (χ4n) is 4.46. The van der Waals surface area contributed by atoms with Gasteiger partial charge in [-0.05, 0) is 55.8 Å². The molecule has 17 heteroatoms. The van der Waals surface area contributed by atoms with Crippen LogP contribution in [0, 0.1) is 17.0 Å². The van der Waals surface area contributed by atoms with Crippen molar-refractivity contribution in [1.29, 1.82) is 0 Å². The molecule has 0 unspecified atom stereocenters. The number of benzene rings is 2. The number of anilines is 2. The molecule has 3 N–H and O–H groups in total. The molecule has 270 valence electrons. The summed E-state index contributed by atoms with van der Waals surface area (Å²) in [7, 11) is -2.98. The van der Waals surface area contributed by atoms with Crippen molar-refractivity contribution in [3.05, 3.63) is 111 Å². The molecule has 0 spiro atoms. The zero-order valence-corrected chi connectivity index (χ0v) is 29.3. The molecule has 2 heterocycles. The van der Waals surface area contributed by atoms with Crippen LogP contribution < -0.4 is 26.6 Å². The maximum atomic E-state index is 15.2. The number of carbonyl (C=O) groups is 3. The van der Waals surface area contributed by atoms with Crippen molar-refractivity contribution in [2.24, 2.45) is 12.5 Å². The van der Waals surface area contributed by atoms with Crippen molar-refractivity contribution in [2.45, 2.75) is 58.1 Å². The summed E-state index contributed by atoms with van der Waals surface area (Å²) in [5.41, 5.74) is -2.90. The number of hydrogen-bond donors (Lipinski definition) is 3. The Bertz CT molecular complexity index is 2190. The second-order valence-electron chi connectivity index (χ2n) is 12.8. The zero-order chi connectivity index (χ0) is 37.8. The first-order valence-electron chi connectivity index (χ1n) is 15.5. The van der Waals surface area contributed by atoms with Gasteiger partial charge in [0.2, 0.25) is 5.91 Å². The van der Waals surface area contributed by atoms with Gasteiger partial charge in [0.1, 0.15) is 23.5 Å². The maximum absolute atomic E-state index is 15.2. The highest BCUT2D eigenvalue weighted by molar-refractivity contribution is 7.92. The van der Waals surface area contributed by atoms with Crippen molar-refractivity contribution < 1.29 is 36.3 Å². The van der Waals surface area contributed by atoms with Crippen LogP contribution in [0.1, 0.15) is 50.5 Å². The molecular formula is C34H36F2N6O8S. The van der Waals surface area contributed by atoms with Crippen LogP contribution in [0.5, 0.6) is 0 Å². The first-order chi connectivity index (χ1) is 23.8. The van der Waals surface area contributed by atoms with Gasteiger partial charge in [-0.3, -0.25) is 19.1 Å². The number of rotatable bonds is 11. The molecule has 2 aromatic carbocycles. The van der Waals surface area contributed by atoms with Gasteiger partial charge >= 0.3 is 11.7 Å². The molecule has 1 atom stereocenters. The summed E-state index contributed by atoms with van der Waals surface area (Å²) < 4.78 is 65.5. The Kier molecular flexibility index (Phi) is 11.2. The van der Waals surface area contributed by atoms with Gasteiger partial charge in [-0.1, -0.05) is 26.8 Å². The molecule has 2 amide bonds. The van der Waals surface area contributed by atoms with E-state index in [-0.39, 0.29) is 23.0 Å². The molecule has 0 bridgehead atoms. The number of nitrogens with one attached hydrogen (secondary N) is 3. The number of pyridine rings is 1. The van der Waals surface area contributed by atoms with Gasteiger partial charge in [-0.2, -0.15) is 0 Å². The molecule has 2 aromatic heterocycles. The van der Waals surface area contributed by atoms with Crippen molar-refractivity contribution in [3.8, 4) is 5.82 Å². The van der Waals surface area contributed by atoms with E-state index in [0.717, 1.165) is 4.57 Å². The highest BCUT2D eigenvalue weighted by Crippen LogP contribution is 2.25. The summed E-state index contributed by atoms with van der Waals surface area (Å²) in [6, 6.07) is 8.55. The monoisotopic (exact) mass is 726 g/mol. The Hall–Kier alpha value is -5.71. The van der Waals surface area contributed by atoms with E-state index in [2.05, 4.69) is 15.6 Å². The second kappa shape index (κ2) is 15.0. The maximum Gasteiger partial charge on any atom is 0.336 e. The molecular weight excluding hydrogens is 690 g/mol. The minimum absolute atomic E-state index is 0.00478. The lowest BCUT2D eigenvalue weighted by molar-refractivity contribution is -0.149. The molecule has 51 heavy (non-hydrogen) atoms. The Morgan fingerprint density at radius 1 is 0.961 bits per heavy atom. The van der Waals surface area contributed by atoms with E-state index < -0.39 is 73.6 Å². The third-order valence-corrected chi connectivity index (χ3v) is 8.60. The van der Waals surface area contributed by atoms with Crippen LogP contribution in [-0.2, 0) is 37.8 Å². The number of carbonyl (C=O) groups excluding carboxylic acids is 3. The van der Waals surface area contributed by atoms with Gasteiger partial charge in [-0.25, -0.2) is 36.3 Å². The first kappa shape index (κ1) is 38.1. The van der Waals surface area contributed by atoms with E-state index in [4.69, 9.17) is 4.74 Å². The number of sulfonamides is 1. The van der Waals surface area contributed by atoms with Crippen LogP contribution in [-0.4, -0.2) is 52.5 Å². The van der Waals surface area contributed by atoms with Gasteiger partial charge in [0.05, 0.1) is 22.3 Å². The van der Waals surface area contributed by atoms with Crippen LogP contribution in [0.3, 0.4) is 0 Å². The Balaban J connectivity index is 1.52. The lowest BCUT2D eigenvalue weighted by Gasteiger charge is -2.20. The molecule has 0 radical (unpaired) electrons. The largest absolute Gasteiger partial charge is 0.461 e. The molecule has 0 saturated heterocycles. The van der Waals surface area contributed by atoms with Crippen molar-refractivity contribution in [3.63, 3.8) is 0 Å². The van der Waals surface area contributed by atoms with E-state index in [1.165, 1.54) is 66.5 Å². The summed E-state index contributed by atoms with van der Waals surface area (Å²) in [4.78, 5) is 66.9. The molecule has 0 saturated carbocycles. The Labute approximate surface area is 291 Å². The number of aryl methyl sites for hydroxylation is 1. The second-order valence-corrected chi connectivity index (χ2v) is 14.5. The highest BCUT2D eigenvalue weighted by atomic mass is 32.2. The Morgan fingerprint density at radius 2 is 1.63 bits per heavy atom.